The van der Waals surface area contributed by atoms with Crippen LogP contribution in [0.25, 0.3) is 11.6 Å². The lowest BCUT2D eigenvalue weighted by molar-refractivity contribution is -0.127. The number of hydrogen-bond acceptors (Lipinski definition) is 5. The zero-order chi connectivity index (χ0) is 26.2. The molecule has 0 aliphatic carbocycles. The Morgan fingerprint density at radius 1 is 1.08 bits per heavy atom. The van der Waals surface area contributed by atoms with E-state index in [0.29, 0.717) is 10.6 Å². The number of carbonyl (C=O) groups is 3. The number of carbonyl (C=O) groups excluding carboxylic acids is 3. The van der Waals surface area contributed by atoms with Gasteiger partial charge in [-0.15, -0.1) is 0 Å². The summed E-state index contributed by atoms with van der Waals surface area (Å²) in [5, 5.41) is 2.41. The number of anilines is 2. The lowest BCUT2D eigenvalue weighted by atomic mass is 9.88. The largest absolute Gasteiger partial charge is 0.362 e. The van der Waals surface area contributed by atoms with Crippen LogP contribution in [0.1, 0.15) is 56.4 Å². The number of allylic oxidation sites excluding steroid dienone is 1. The van der Waals surface area contributed by atoms with Crippen LogP contribution < -0.4 is 10.2 Å². The summed E-state index contributed by atoms with van der Waals surface area (Å²) in [7, 11) is 0. The molecule has 0 spiro atoms. The normalized spacial score (nSPS) is 17.9. The van der Waals surface area contributed by atoms with E-state index in [-0.39, 0.29) is 12.1 Å². The fourth-order valence-corrected chi connectivity index (χ4v) is 5.78. The van der Waals surface area contributed by atoms with Crippen molar-refractivity contribution in [3.63, 3.8) is 0 Å². The molecule has 6 nitrogen and oxygen atoms in total. The molecule has 3 amide bonds. The van der Waals surface area contributed by atoms with Gasteiger partial charge in [0.05, 0.1) is 10.4 Å². The minimum Gasteiger partial charge on any atom is -0.362 e. The molecule has 36 heavy (non-hydrogen) atoms. The number of rotatable bonds is 6. The predicted octanol–water partition coefficient (Wildman–Crippen LogP) is 6.39. The van der Waals surface area contributed by atoms with Crippen molar-refractivity contribution < 1.29 is 14.4 Å². The average Bonchev–Trinajstić information content (AvgIpc) is 3.06. The van der Waals surface area contributed by atoms with Crippen LogP contribution in [0.3, 0.4) is 0 Å². The van der Waals surface area contributed by atoms with Crippen LogP contribution in [0.15, 0.2) is 47.4 Å². The van der Waals surface area contributed by atoms with Gasteiger partial charge in [0.1, 0.15) is 6.54 Å². The third-order valence-electron chi connectivity index (χ3n) is 6.67. The molecular weight excluding hydrogens is 470 g/mol. The van der Waals surface area contributed by atoms with E-state index in [1.807, 2.05) is 38.1 Å². The smallest absolute Gasteiger partial charge is 0.294 e. The number of amides is 3. The van der Waals surface area contributed by atoms with Gasteiger partial charge >= 0.3 is 0 Å². The van der Waals surface area contributed by atoms with Gasteiger partial charge in [0.25, 0.3) is 11.1 Å². The molecule has 7 heteroatoms. The Bertz CT molecular complexity index is 1290. The second-order valence-electron chi connectivity index (χ2n) is 9.99. The zero-order valence-electron chi connectivity index (χ0n) is 21.8. The molecule has 188 valence electrons. The molecule has 2 aromatic carbocycles. The van der Waals surface area contributed by atoms with Crippen molar-refractivity contribution in [2.45, 2.75) is 53.5 Å². The summed E-state index contributed by atoms with van der Waals surface area (Å²) in [5.41, 5.74) is 6.83. The maximum absolute atomic E-state index is 13.0. The molecular formula is C29H33N3O3S. The van der Waals surface area contributed by atoms with E-state index in [2.05, 4.69) is 56.1 Å². The summed E-state index contributed by atoms with van der Waals surface area (Å²) >= 11 is 0.871. The predicted molar refractivity (Wildman–Crippen MR) is 149 cm³/mol. The summed E-state index contributed by atoms with van der Waals surface area (Å²) in [5.74, 6) is -0.843. The number of nitrogens with one attached hydrogen (secondary N) is 1. The summed E-state index contributed by atoms with van der Waals surface area (Å²) in [6, 6.07) is 11.9. The van der Waals surface area contributed by atoms with Gasteiger partial charge in [0.15, 0.2) is 0 Å². The Labute approximate surface area is 217 Å². The highest BCUT2D eigenvalue weighted by Crippen LogP contribution is 2.40. The monoisotopic (exact) mass is 503 g/mol. The maximum atomic E-state index is 13.0. The molecule has 2 aromatic rings. The highest BCUT2D eigenvalue weighted by Gasteiger charge is 2.37. The van der Waals surface area contributed by atoms with E-state index >= 15 is 0 Å². The van der Waals surface area contributed by atoms with Crippen LogP contribution in [-0.2, 0) is 9.59 Å². The van der Waals surface area contributed by atoms with Crippen molar-refractivity contribution in [2.75, 3.05) is 23.3 Å². The summed E-state index contributed by atoms with van der Waals surface area (Å²) in [6.07, 6.45) is 5.06. The van der Waals surface area contributed by atoms with Gasteiger partial charge in [0, 0.05) is 23.5 Å². The van der Waals surface area contributed by atoms with E-state index in [9.17, 15) is 14.4 Å². The minimum atomic E-state index is -0.444. The van der Waals surface area contributed by atoms with E-state index in [4.69, 9.17) is 0 Å². The number of benzene rings is 2. The van der Waals surface area contributed by atoms with Gasteiger partial charge in [-0.1, -0.05) is 37.3 Å². The molecule has 1 fully saturated rings. The van der Waals surface area contributed by atoms with Crippen molar-refractivity contribution in [3.05, 3.63) is 69.6 Å². The Balaban J connectivity index is 1.54. The fraction of sp³-hybridized carbons (Fsp3) is 0.345. The first kappa shape index (κ1) is 25.8. The molecule has 0 atom stereocenters. The Morgan fingerprint density at radius 2 is 1.78 bits per heavy atom. The number of para-hydroxylation sites is 1. The van der Waals surface area contributed by atoms with Gasteiger partial charge in [-0.3, -0.25) is 19.3 Å². The highest BCUT2D eigenvalue weighted by atomic mass is 32.2. The van der Waals surface area contributed by atoms with Crippen molar-refractivity contribution in [2.24, 2.45) is 0 Å². The van der Waals surface area contributed by atoms with Gasteiger partial charge in [-0.25, -0.2) is 0 Å². The standard InChI is InChI=1S/C29H33N3O3S/c1-7-13-32-23-12-11-21(14-22(23)20(4)16-29(32,5)6)15-24-27(34)31(28(35)36-24)17-25(33)30-26-18(2)9-8-10-19(26)3/h8-12,14-16H,7,13,17H2,1-6H3,(H,30,33)/b24-15+. The van der Waals surface area contributed by atoms with Gasteiger partial charge in [-0.2, -0.15) is 0 Å². The third-order valence-corrected chi connectivity index (χ3v) is 7.57. The minimum absolute atomic E-state index is 0.0747. The Morgan fingerprint density at radius 3 is 2.44 bits per heavy atom. The Hall–Kier alpha value is -3.32. The van der Waals surface area contributed by atoms with Crippen molar-refractivity contribution >= 4 is 51.8 Å². The first-order valence-corrected chi connectivity index (χ1v) is 13.1. The van der Waals surface area contributed by atoms with E-state index in [1.54, 1.807) is 6.08 Å². The number of imide groups is 1. The van der Waals surface area contributed by atoms with Crippen LogP contribution in [0.5, 0.6) is 0 Å². The third kappa shape index (κ3) is 4.98. The van der Waals surface area contributed by atoms with Crippen molar-refractivity contribution in [3.8, 4) is 0 Å². The van der Waals surface area contributed by atoms with Crippen molar-refractivity contribution in [1.82, 2.24) is 4.90 Å². The molecule has 0 aromatic heterocycles. The summed E-state index contributed by atoms with van der Waals surface area (Å²) < 4.78 is 0. The van der Waals surface area contributed by atoms with Crippen LogP contribution >= 0.6 is 11.8 Å². The number of aryl methyl sites for hydroxylation is 2. The molecule has 0 radical (unpaired) electrons. The number of fused-ring (bicyclic) bond motifs is 1. The van der Waals surface area contributed by atoms with Gasteiger partial charge in [0.2, 0.25) is 5.91 Å². The zero-order valence-corrected chi connectivity index (χ0v) is 22.6. The molecule has 2 heterocycles. The fourth-order valence-electron chi connectivity index (χ4n) is 4.94. The molecule has 0 saturated carbocycles. The summed E-state index contributed by atoms with van der Waals surface area (Å²) in [4.78, 5) is 42.0. The van der Waals surface area contributed by atoms with Crippen LogP contribution in [-0.4, -0.2) is 40.6 Å². The Kier molecular flexibility index (Phi) is 7.14. The quantitative estimate of drug-likeness (QED) is 0.463. The molecule has 4 rings (SSSR count). The maximum Gasteiger partial charge on any atom is 0.294 e. The first-order chi connectivity index (χ1) is 17.0. The average molecular weight is 504 g/mol. The van der Waals surface area contributed by atoms with Gasteiger partial charge in [-0.05, 0) is 93.3 Å². The molecule has 0 bridgehead atoms. The van der Waals surface area contributed by atoms with E-state index in [1.165, 1.54) is 11.3 Å². The second kappa shape index (κ2) is 9.97. The molecule has 0 unspecified atom stereocenters. The lowest BCUT2D eigenvalue weighted by Crippen LogP contribution is -2.45. The molecule has 1 N–H and O–H groups in total. The molecule has 1 saturated heterocycles. The molecule has 2 aliphatic heterocycles. The van der Waals surface area contributed by atoms with Crippen LogP contribution in [0.4, 0.5) is 16.2 Å². The number of hydrogen-bond donors (Lipinski definition) is 1. The first-order valence-electron chi connectivity index (χ1n) is 12.2. The SMILES string of the molecule is CCCN1c2ccc(/C=C3/SC(=O)N(CC(=O)Nc4c(C)cccc4C)C3=O)cc2C(C)=CC1(C)C. The number of thioether (sulfide) groups is 1. The van der Waals surface area contributed by atoms with E-state index in [0.717, 1.165) is 51.9 Å². The van der Waals surface area contributed by atoms with Crippen molar-refractivity contribution in [1.29, 1.82) is 0 Å². The highest BCUT2D eigenvalue weighted by molar-refractivity contribution is 8.18. The molecule has 2 aliphatic rings. The number of nitrogens with zero attached hydrogens (tertiary/aromatic N) is 2. The summed E-state index contributed by atoms with van der Waals surface area (Å²) in [6.45, 7) is 13.2. The van der Waals surface area contributed by atoms with Crippen LogP contribution in [0, 0.1) is 13.8 Å². The topological polar surface area (TPSA) is 69.7 Å². The van der Waals surface area contributed by atoms with Crippen LogP contribution in [0.2, 0.25) is 0 Å². The lowest BCUT2D eigenvalue weighted by Gasteiger charge is -2.43. The van der Waals surface area contributed by atoms with Gasteiger partial charge < -0.3 is 10.2 Å². The second-order valence-corrected chi connectivity index (χ2v) is 11.0. The van der Waals surface area contributed by atoms with E-state index < -0.39 is 17.1 Å².